The maximum absolute atomic E-state index is 12.3. The minimum Gasteiger partial charge on any atom is -0.353 e. The third-order valence-corrected chi connectivity index (χ3v) is 5.27. The number of amides is 1. The Kier molecular flexibility index (Phi) is 6.09. The molecule has 1 aromatic heterocycles. The molecule has 6 heteroatoms. The Morgan fingerprint density at radius 1 is 1.19 bits per heavy atom. The van der Waals surface area contributed by atoms with Crippen LogP contribution < -0.4 is 10.9 Å². The molecule has 0 aliphatic heterocycles. The number of nitrogens with zero attached hydrogens (tertiary/aromatic N) is 2. The van der Waals surface area contributed by atoms with Crippen molar-refractivity contribution in [3.63, 3.8) is 0 Å². The van der Waals surface area contributed by atoms with Gasteiger partial charge in [0.15, 0.2) is 0 Å². The van der Waals surface area contributed by atoms with Crippen molar-refractivity contribution >= 4 is 17.5 Å². The minimum atomic E-state index is -0.207. The summed E-state index contributed by atoms with van der Waals surface area (Å²) in [4.78, 5) is 24.3. The van der Waals surface area contributed by atoms with Crippen LogP contribution in [0.15, 0.2) is 41.2 Å². The molecule has 1 fully saturated rings. The first-order valence-electron chi connectivity index (χ1n) is 9.16. The molecule has 1 aliphatic carbocycles. The van der Waals surface area contributed by atoms with Gasteiger partial charge in [-0.15, -0.1) is 0 Å². The van der Waals surface area contributed by atoms with Gasteiger partial charge in [-0.05, 0) is 37.0 Å². The average Bonchev–Trinajstić information content (AvgIpc) is 2.64. The van der Waals surface area contributed by atoms with Crippen LogP contribution in [0.5, 0.6) is 0 Å². The molecule has 138 valence electrons. The molecule has 0 saturated heterocycles. The quantitative estimate of drug-likeness (QED) is 0.870. The van der Waals surface area contributed by atoms with E-state index in [4.69, 9.17) is 11.6 Å². The Bertz CT molecular complexity index is 817. The number of nitrogens with one attached hydrogen (secondary N) is 1. The summed E-state index contributed by atoms with van der Waals surface area (Å²) in [5.74, 6) is 0.496. The van der Waals surface area contributed by atoms with E-state index in [2.05, 4.69) is 17.3 Å². The van der Waals surface area contributed by atoms with Crippen molar-refractivity contribution in [1.29, 1.82) is 0 Å². The SMILES string of the molecule is C[C@@H]1CCCC[C@@H]1NC(=O)CCn1nc(-c2ccc(Cl)cc2)ccc1=O. The number of benzene rings is 1. The van der Waals surface area contributed by atoms with E-state index in [1.54, 1.807) is 18.2 Å². The number of hydrogen-bond donors (Lipinski definition) is 1. The first kappa shape index (κ1) is 18.6. The van der Waals surface area contributed by atoms with Crippen LogP contribution >= 0.6 is 11.6 Å². The lowest BCUT2D eigenvalue weighted by atomic mass is 9.86. The highest BCUT2D eigenvalue weighted by molar-refractivity contribution is 6.30. The summed E-state index contributed by atoms with van der Waals surface area (Å²) in [7, 11) is 0. The maximum atomic E-state index is 12.3. The molecule has 2 aromatic rings. The highest BCUT2D eigenvalue weighted by Crippen LogP contribution is 2.23. The zero-order valence-electron chi connectivity index (χ0n) is 15.0. The molecular formula is C20H24ClN3O2. The summed E-state index contributed by atoms with van der Waals surface area (Å²) in [6.45, 7) is 2.46. The molecular weight excluding hydrogens is 350 g/mol. The number of rotatable bonds is 5. The van der Waals surface area contributed by atoms with Crippen LogP contribution in [0.4, 0.5) is 0 Å². The second kappa shape index (κ2) is 8.49. The van der Waals surface area contributed by atoms with Crippen LogP contribution in [0.2, 0.25) is 5.02 Å². The molecule has 1 aromatic carbocycles. The van der Waals surface area contributed by atoms with Crippen LogP contribution in [0.25, 0.3) is 11.3 Å². The Morgan fingerprint density at radius 2 is 1.92 bits per heavy atom. The van der Waals surface area contributed by atoms with Crippen LogP contribution in [0.3, 0.4) is 0 Å². The number of carbonyl (C=O) groups is 1. The van der Waals surface area contributed by atoms with E-state index in [1.165, 1.54) is 23.6 Å². The molecule has 26 heavy (non-hydrogen) atoms. The Morgan fingerprint density at radius 3 is 2.65 bits per heavy atom. The number of aryl methyl sites for hydroxylation is 1. The van der Waals surface area contributed by atoms with Gasteiger partial charge < -0.3 is 5.32 Å². The normalized spacial score (nSPS) is 19.9. The van der Waals surface area contributed by atoms with Gasteiger partial charge in [-0.1, -0.05) is 43.5 Å². The number of carbonyl (C=O) groups excluding carboxylic acids is 1. The van der Waals surface area contributed by atoms with Crippen molar-refractivity contribution in [2.75, 3.05) is 0 Å². The molecule has 5 nitrogen and oxygen atoms in total. The molecule has 1 saturated carbocycles. The number of hydrogen-bond acceptors (Lipinski definition) is 3. The second-order valence-corrected chi connectivity index (χ2v) is 7.41. The van der Waals surface area contributed by atoms with E-state index < -0.39 is 0 Å². The van der Waals surface area contributed by atoms with Gasteiger partial charge in [-0.2, -0.15) is 5.10 Å². The first-order valence-corrected chi connectivity index (χ1v) is 9.54. The van der Waals surface area contributed by atoms with E-state index in [0.29, 0.717) is 16.6 Å². The maximum Gasteiger partial charge on any atom is 0.266 e. The van der Waals surface area contributed by atoms with E-state index >= 15 is 0 Å². The van der Waals surface area contributed by atoms with Gasteiger partial charge in [0.1, 0.15) is 0 Å². The zero-order chi connectivity index (χ0) is 18.5. The van der Waals surface area contributed by atoms with Gasteiger partial charge in [-0.25, -0.2) is 4.68 Å². The largest absolute Gasteiger partial charge is 0.353 e. The van der Waals surface area contributed by atoms with E-state index in [1.807, 2.05) is 12.1 Å². The van der Waals surface area contributed by atoms with E-state index in [9.17, 15) is 9.59 Å². The summed E-state index contributed by atoms with van der Waals surface area (Å²) in [5, 5.41) is 8.15. The topological polar surface area (TPSA) is 64.0 Å². The van der Waals surface area contributed by atoms with Gasteiger partial charge >= 0.3 is 0 Å². The molecule has 0 bridgehead atoms. The van der Waals surface area contributed by atoms with Gasteiger partial charge in [-0.3, -0.25) is 9.59 Å². The molecule has 1 amide bonds. The summed E-state index contributed by atoms with van der Waals surface area (Å²) >= 11 is 5.91. The van der Waals surface area contributed by atoms with Crippen LogP contribution in [-0.2, 0) is 11.3 Å². The summed E-state index contributed by atoms with van der Waals surface area (Å²) in [6.07, 6.45) is 4.86. The monoisotopic (exact) mass is 373 g/mol. The first-order chi connectivity index (χ1) is 12.5. The van der Waals surface area contributed by atoms with Gasteiger partial charge in [0.25, 0.3) is 5.56 Å². The lowest BCUT2D eigenvalue weighted by Gasteiger charge is -2.29. The van der Waals surface area contributed by atoms with Crippen molar-refractivity contribution in [2.45, 2.75) is 51.6 Å². The fourth-order valence-corrected chi connectivity index (χ4v) is 3.53. The molecule has 0 unspecified atom stereocenters. The predicted octanol–water partition coefficient (Wildman–Crippen LogP) is 3.65. The van der Waals surface area contributed by atoms with Gasteiger partial charge in [0.05, 0.1) is 12.2 Å². The van der Waals surface area contributed by atoms with Crippen LogP contribution in [-0.4, -0.2) is 21.7 Å². The lowest BCUT2D eigenvalue weighted by Crippen LogP contribution is -2.41. The molecule has 0 radical (unpaired) electrons. The molecule has 2 atom stereocenters. The number of aromatic nitrogens is 2. The molecule has 1 N–H and O–H groups in total. The highest BCUT2D eigenvalue weighted by Gasteiger charge is 2.22. The van der Waals surface area contributed by atoms with Crippen molar-refractivity contribution in [1.82, 2.24) is 15.1 Å². The fraction of sp³-hybridized carbons (Fsp3) is 0.450. The zero-order valence-corrected chi connectivity index (χ0v) is 15.7. The predicted molar refractivity (Wildman–Crippen MR) is 103 cm³/mol. The third kappa shape index (κ3) is 4.73. The van der Waals surface area contributed by atoms with Crippen molar-refractivity contribution in [3.8, 4) is 11.3 Å². The highest BCUT2D eigenvalue weighted by atomic mass is 35.5. The van der Waals surface area contributed by atoms with E-state index in [-0.39, 0.29) is 30.5 Å². The van der Waals surface area contributed by atoms with Crippen molar-refractivity contribution < 1.29 is 4.79 Å². The minimum absolute atomic E-state index is 0.0191. The van der Waals surface area contributed by atoms with Gasteiger partial charge in [0, 0.05) is 29.1 Å². The Labute approximate surface area is 158 Å². The molecule has 1 heterocycles. The third-order valence-electron chi connectivity index (χ3n) is 5.02. The number of halogens is 1. The average molecular weight is 374 g/mol. The van der Waals surface area contributed by atoms with Crippen molar-refractivity contribution in [2.24, 2.45) is 5.92 Å². The Hall–Kier alpha value is -2.14. The molecule has 1 aliphatic rings. The molecule has 3 rings (SSSR count). The van der Waals surface area contributed by atoms with Crippen molar-refractivity contribution in [3.05, 3.63) is 51.8 Å². The summed E-state index contributed by atoms with van der Waals surface area (Å²) in [6, 6.07) is 10.7. The summed E-state index contributed by atoms with van der Waals surface area (Å²) < 4.78 is 1.35. The lowest BCUT2D eigenvalue weighted by molar-refractivity contribution is -0.122. The van der Waals surface area contributed by atoms with Crippen LogP contribution in [0.1, 0.15) is 39.0 Å². The summed E-state index contributed by atoms with van der Waals surface area (Å²) in [5.41, 5.74) is 1.35. The Balaban J connectivity index is 1.64. The smallest absolute Gasteiger partial charge is 0.266 e. The van der Waals surface area contributed by atoms with Crippen LogP contribution in [0, 0.1) is 5.92 Å². The molecule has 0 spiro atoms. The second-order valence-electron chi connectivity index (χ2n) is 6.97. The van der Waals surface area contributed by atoms with Gasteiger partial charge in [0.2, 0.25) is 5.91 Å². The van der Waals surface area contributed by atoms with E-state index in [0.717, 1.165) is 18.4 Å². The standard InChI is InChI=1S/C20H24ClN3O2/c1-14-4-2-3-5-17(14)22-19(25)12-13-24-20(26)11-10-18(23-24)15-6-8-16(21)9-7-15/h6-11,14,17H,2-5,12-13H2,1H3,(H,22,25)/t14-,17+/m1/s1. The fourth-order valence-electron chi connectivity index (χ4n) is 3.40.